The van der Waals surface area contributed by atoms with Crippen molar-refractivity contribution in [2.45, 2.75) is 17.9 Å². The van der Waals surface area contributed by atoms with Gasteiger partial charge in [-0.1, -0.05) is 12.1 Å². The highest BCUT2D eigenvalue weighted by atomic mass is 32.2. The summed E-state index contributed by atoms with van der Waals surface area (Å²) >= 11 is 0. The van der Waals surface area contributed by atoms with Gasteiger partial charge in [0.15, 0.2) is 0 Å². The zero-order valence-electron chi connectivity index (χ0n) is 17.1. The number of rotatable bonds is 7. The van der Waals surface area contributed by atoms with Crippen molar-refractivity contribution in [3.8, 4) is 0 Å². The van der Waals surface area contributed by atoms with Gasteiger partial charge in [0.25, 0.3) is 0 Å². The maximum atomic E-state index is 12.1. The Kier molecular flexibility index (Phi) is 5.21. The number of fused-ring (bicyclic) bond motifs is 2. The standard InChI is InChI=1S/C21H22N8O2S/c22-8-2-10-29(18-4-1-3-17-16(18)13-24-28-17)20-7-9-23-21(27-20)26-15-6-5-14-12-25-32(30,31)19(14)11-15/h1,3-7,9,11,13,25H,2,8,10,12,22H2,(H,24,28)(H,23,26,27). The summed E-state index contributed by atoms with van der Waals surface area (Å²) in [6.45, 7) is 1.52. The third kappa shape index (κ3) is 3.77. The van der Waals surface area contributed by atoms with Gasteiger partial charge in [-0.05, 0) is 48.9 Å². The number of aromatic amines is 1. The average Bonchev–Trinajstić information content (AvgIpc) is 3.39. The fourth-order valence-corrected chi connectivity index (χ4v) is 5.03. The van der Waals surface area contributed by atoms with E-state index in [0.29, 0.717) is 37.1 Å². The number of hydrogen-bond donors (Lipinski definition) is 4. The number of aromatic nitrogens is 4. The largest absolute Gasteiger partial charge is 0.330 e. The van der Waals surface area contributed by atoms with Gasteiger partial charge in [0.1, 0.15) is 5.82 Å². The Labute approximate surface area is 184 Å². The summed E-state index contributed by atoms with van der Waals surface area (Å²) in [7, 11) is -3.46. The van der Waals surface area contributed by atoms with Crippen LogP contribution in [0.5, 0.6) is 0 Å². The number of nitrogens with zero attached hydrogens (tertiary/aromatic N) is 4. The molecular weight excluding hydrogens is 428 g/mol. The van der Waals surface area contributed by atoms with Crippen LogP contribution in [0.3, 0.4) is 0 Å². The fraction of sp³-hybridized carbons (Fsp3) is 0.190. The van der Waals surface area contributed by atoms with Gasteiger partial charge in [0.05, 0.1) is 22.3 Å². The van der Waals surface area contributed by atoms with Crippen LogP contribution in [0.25, 0.3) is 10.9 Å². The van der Waals surface area contributed by atoms with Crippen molar-refractivity contribution >= 4 is 44.1 Å². The molecule has 10 nitrogen and oxygen atoms in total. The van der Waals surface area contributed by atoms with E-state index in [2.05, 4.69) is 35.1 Å². The molecule has 0 spiro atoms. The smallest absolute Gasteiger partial charge is 0.241 e. The van der Waals surface area contributed by atoms with Gasteiger partial charge >= 0.3 is 0 Å². The van der Waals surface area contributed by atoms with Crippen molar-refractivity contribution in [1.29, 1.82) is 0 Å². The molecule has 0 fully saturated rings. The summed E-state index contributed by atoms with van der Waals surface area (Å²) in [5, 5.41) is 11.3. The van der Waals surface area contributed by atoms with Gasteiger partial charge in [-0.2, -0.15) is 10.1 Å². The van der Waals surface area contributed by atoms with Crippen molar-refractivity contribution < 1.29 is 8.42 Å². The number of hydrogen-bond acceptors (Lipinski definition) is 8. The quantitative estimate of drug-likeness (QED) is 0.336. The Hall–Kier alpha value is -3.54. The predicted molar refractivity (Wildman–Crippen MR) is 123 cm³/mol. The minimum absolute atomic E-state index is 0.273. The molecule has 0 bridgehead atoms. The third-order valence-electron chi connectivity index (χ3n) is 5.32. The summed E-state index contributed by atoms with van der Waals surface area (Å²) in [5.74, 6) is 1.06. The molecule has 3 heterocycles. The zero-order valence-corrected chi connectivity index (χ0v) is 17.9. The lowest BCUT2D eigenvalue weighted by molar-refractivity contribution is 0.589. The molecule has 0 amide bonds. The predicted octanol–water partition coefficient (Wildman–Crippen LogP) is 2.38. The molecule has 0 aliphatic carbocycles. The molecule has 0 atom stereocenters. The van der Waals surface area contributed by atoms with E-state index < -0.39 is 10.0 Å². The molecule has 4 aromatic rings. The molecule has 0 saturated heterocycles. The highest BCUT2D eigenvalue weighted by molar-refractivity contribution is 7.89. The van der Waals surface area contributed by atoms with E-state index in [1.807, 2.05) is 30.3 Å². The van der Waals surface area contributed by atoms with E-state index in [0.717, 1.165) is 28.6 Å². The number of nitrogens with one attached hydrogen (secondary N) is 3. The summed E-state index contributed by atoms with van der Waals surface area (Å²) in [4.78, 5) is 11.4. The van der Waals surface area contributed by atoms with E-state index in [9.17, 15) is 8.42 Å². The van der Waals surface area contributed by atoms with Crippen LogP contribution in [0.4, 0.5) is 23.1 Å². The normalized spacial score (nSPS) is 14.4. The van der Waals surface area contributed by atoms with Crippen molar-refractivity contribution in [3.63, 3.8) is 0 Å². The molecule has 5 N–H and O–H groups in total. The Morgan fingerprint density at radius 1 is 1.19 bits per heavy atom. The monoisotopic (exact) mass is 450 g/mol. The minimum Gasteiger partial charge on any atom is -0.330 e. The SMILES string of the molecule is NCCCN(c1ccnc(Nc2ccc3c(c2)S(=O)(=O)NC3)n1)c1cccc2[nH]ncc12. The van der Waals surface area contributed by atoms with Crippen molar-refractivity contribution in [1.82, 2.24) is 24.9 Å². The number of anilines is 4. The third-order valence-corrected chi connectivity index (χ3v) is 6.80. The van der Waals surface area contributed by atoms with Gasteiger partial charge in [-0.3, -0.25) is 5.10 Å². The van der Waals surface area contributed by atoms with Gasteiger partial charge in [-0.25, -0.2) is 18.1 Å². The van der Waals surface area contributed by atoms with Crippen molar-refractivity contribution in [2.75, 3.05) is 23.3 Å². The second kappa shape index (κ2) is 8.19. The van der Waals surface area contributed by atoms with E-state index in [1.54, 1.807) is 24.5 Å². The second-order valence-electron chi connectivity index (χ2n) is 7.41. The summed E-state index contributed by atoms with van der Waals surface area (Å²) in [6.07, 6.45) is 4.23. The lowest BCUT2D eigenvalue weighted by Gasteiger charge is -2.24. The minimum atomic E-state index is -3.46. The first kappa shape index (κ1) is 20.4. The number of benzene rings is 2. The highest BCUT2D eigenvalue weighted by Crippen LogP contribution is 2.32. The molecule has 2 aromatic heterocycles. The molecule has 11 heteroatoms. The van der Waals surface area contributed by atoms with E-state index >= 15 is 0 Å². The summed E-state index contributed by atoms with van der Waals surface area (Å²) in [6, 6.07) is 13.0. The number of H-pyrrole nitrogens is 1. The van der Waals surface area contributed by atoms with Crippen LogP contribution in [-0.4, -0.2) is 41.7 Å². The highest BCUT2D eigenvalue weighted by Gasteiger charge is 2.25. The molecule has 1 aliphatic heterocycles. The molecule has 0 saturated carbocycles. The molecule has 2 aromatic carbocycles. The first-order chi connectivity index (χ1) is 15.5. The van der Waals surface area contributed by atoms with Gasteiger partial charge in [0.2, 0.25) is 16.0 Å². The van der Waals surface area contributed by atoms with Crippen LogP contribution >= 0.6 is 0 Å². The maximum Gasteiger partial charge on any atom is 0.241 e. The average molecular weight is 451 g/mol. The van der Waals surface area contributed by atoms with E-state index in [1.165, 1.54) is 0 Å². The first-order valence-electron chi connectivity index (χ1n) is 10.2. The molecule has 1 aliphatic rings. The molecule has 32 heavy (non-hydrogen) atoms. The van der Waals surface area contributed by atoms with Crippen LogP contribution < -0.4 is 20.7 Å². The van der Waals surface area contributed by atoms with E-state index in [4.69, 9.17) is 5.73 Å². The number of sulfonamides is 1. The Balaban J connectivity index is 1.49. The fourth-order valence-electron chi connectivity index (χ4n) is 3.76. The Morgan fingerprint density at radius 3 is 2.97 bits per heavy atom. The molecule has 0 unspecified atom stereocenters. The van der Waals surface area contributed by atoms with Crippen LogP contribution in [0, 0.1) is 0 Å². The van der Waals surface area contributed by atoms with Crippen molar-refractivity contribution in [3.05, 3.63) is 60.4 Å². The Morgan fingerprint density at radius 2 is 2.09 bits per heavy atom. The van der Waals surface area contributed by atoms with Gasteiger partial charge in [-0.15, -0.1) is 0 Å². The van der Waals surface area contributed by atoms with Gasteiger partial charge in [0, 0.05) is 30.4 Å². The summed E-state index contributed by atoms with van der Waals surface area (Å²) in [5.41, 5.74) is 9.01. The Bertz CT molecular complexity index is 1390. The van der Waals surface area contributed by atoms with Crippen LogP contribution in [0.1, 0.15) is 12.0 Å². The van der Waals surface area contributed by atoms with Gasteiger partial charge < -0.3 is 16.0 Å². The molecule has 0 radical (unpaired) electrons. The maximum absolute atomic E-state index is 12.1. The molecule has 164 valence electrons. The number of nitrogens with two attached hydrogens (primary N) is 1. The van der Waals surface area contributed by atoms with Crippen LogP contribution in [0.2, 0.25) is 0 Å². The molecule has 5 rings (SSSR count). The zero-order chi connectivity index (χ0) is 22.1. The lowest BCUT2D eigenvalue weighted by atomic mass is 10.2. The molecular formula is C21H22N8O2S. The lowest BCUT2D eigenvalue weighted by Crippen LogP contribution is -2.22. The van der Waals surface area contributed by atoms with E-state index in [-0.39, 0.29) is 4.90 Å². The topological polar surface area (TPSA) is 142 Å². The first-order valence-corrected chi connectivity index (χ1v) is 11.7. The van der Waals surface area contributed by atoms with Crippen LogP contribution in [0.15, 0.2) is 59.8 Å². The van der Waals surface area contributed by atoms with Crippen molar-refractivity contribution in [2.24, 2.45) is 5.73 Å². The summed E-state index contributed by atoms with van der Waals surface area (Å²) < 4.78 is 26.8. The second-order valence-corrected chi connectivity index (χ2v) is 9.15. The van der Waals surface area contributed by atoms with Crippen LogP contribution in [-0.2, 0) is 16.6 Å².